The van der Waals surface area contributed by atoms with Gasteiger partial charge in [0.05, 0.1) is 6.04 Å². The monoisotopic (exact) mass is 533 g/mol. The van der Waals surface area contributed by atoms with Crippen LogP contribution in [-0.4, -0.2) is 77.1 Å². The summed E-state index contributed by atoms with van der Waals surface area (Å²) >= 11 is 0. The number of nitrogens with one attached hydrogen (secondary N) is 4. The van der Waals surface area contributed by atoms with Gasteiger partial charge in [-0.3, -0.25) is 19.4 Å². The van der Waals surface area contributed by atoms with Crippen LogP contribution in [0.15, 0.2) is 29.3 Å². The summed E-state index contributed by atoms with van der Waals surface area (Å²) in [6.45, 7) is 4.27. The summed E-state index contributed by atoms with van der Waals surface area (Å²) < 4.78 is 0. The fourth-order valence-corrected chi connectivity index (χ4v) is 4.07. The number of hydrogen-bond acceptors (Lipinski definition) is 7. The van der Waals surface area contributed by atoms with Crippen LogP contribution in [0.25, 0.3) is 0 Å². The quantitative estimate of drug-likeness (QED) is 0.0827. The maximum Gasteiger partial charge on any atom is 0.326 e. The Labute approximate surface area is 221 Å². The Hall–Kier alpha value is -3.87. The van der Waals surface area contributed by atoms with Crippen LogP contribution in [0, 0.1) is 5.92 Å². The van der Waals surface area contributed by atoms with Crippen molar-refractivity contribution < 1.29 is 29.4 Å². The number of rotatable bonds is 14. The molecule has 38 heavy (non-hydrogen) atoms. The fourth-order valence-electron chi connectivity index (χ4n) is 4.07. The lowest BCUT2D eigenvalue weighted by Crippen LogP contribution is -2.58. The van der Waals surface area contributed by atoms with Gasteiger partial charge < -0.3 is 42.9 Å². The highest BCUT2D eigenvalue weighted by Crippen LogP contribution is 2.13. The highest BCUT2D eigenvalue weighted by Gasteiger charge is 2.32. The van der Waals surface area contributed by atoms with Crippen LogP contribution in [-0.2, 0) is 25.6 Å². The van der Waals surface area contributed by atoms with Crippen molar-refractivity contribution in [2.24, 2.45) is 22.4 Å². The first-order valence-corrected chi connectivity index (χ1v) is 12.7. The zero-order chi connectivity index (χ0) is 28.2. The van der Waals surface area contributed by atoms with Gasteiger partial charge in [0.1, 0.15) is 23.9 Å². The highest BCUT2D eigenvalue weighted by molar-refractivity contribution is 5.94. The number of nitrogens with two attached hydrogens (primary N) is 2. The van der Waals surface area contributed by atoms with Crippen LogP contribution in [0.5, 0.6) is 5.75 Å². The van der Waals surface area contributed by atoms with Crippen molar-refractivity contribution in [2.75, 3.05) is 13.1 Å². The van der Waals surface area contributed by atoms with E-state index in [1.807, 2.05) is 0 Å². The molecule has 0 saturated carbocycles. The highest BCUT2D eigenvalue weighted by atomic mass is 16.4. The van der Waals surface area contributed by atoms with Gasteiger partial charge in [0.25, 0.3) is 0 Å². The number of guanidine groups is 1. The number of aromatic hydroxyl groups is 1. The van der Waals surface area contributed by atoms with Crippen molar-refractivity contribution in [3.05, 3.63) is 29.8 Å². The topological polar surface area (TPSA) is 221 Å². The van der Waals surface area contributed by atoms with E-state index in [2.05, 4.69) is 26.3 Å². The molecule has 0 aromatic heterocycles. The van der Waals surface area contributed by atoms with Gasteiger partial charge in [-0.25, -0.2) is 4.79 Å². The van der Waals surface area contributed by atoms with E-state index in [-0.39, 0.29) is 37.0 Å². The maximum atomic E-state index is 13.4. The number of carboxylic acid groups (broad SMARTS) is 1. The number of carbonyl (C=O) groups excluding carboxylic acids is 3. The molecule has 0 radical (unpaired) electrons. The normalized spacial score (nSPS) is 17.2. The number of carboxylic acids is 1. The van der Waals surface area contributed by atoms with Gasteiger partial charge >= 0.3 is 5.97 Å². The lowest BCUT2D eigenvalue weighted by Gasteiger charge is -2.26. The summed E-state index contributed by atoms with van der Waals surface area (Å²) in [5.41, 5.74) is 11.4. The Morgan fingerprint density at radius 2 is 1.71 bits per heavy atom. The molecular weight excluding hydrogens is 494 g/mol. The van der Waals surface area contributed by atoms with E-state index in [1.165, 1.54) is 12.1 Å². The van der Waals surface area contributed by atoms with Crippen molar-refractivity contribution in [2.45, 2.75) is 70.1 Å². The molecule has 0 aliphatic carbocycles. The van der Waals surface area contributed by atoms with E-state index in [0.717, 1.165) is 6.42 Å². The molecule has 13 heteroatoms. The molecule has 13 nitrogen and oxygen atoms in total. The maximum absolute atomic E-state index is 13.4. The van der Waals surface area contributed by atoms with E-state index >= 15 is 0 Å². The predicted molar refractivity (Wildman–Crippen MR) is 141 cm³/mol. The lowest BCUT2D eigenvalue weighted by molar-refractivity contribution is -0.143. The molecule has 1 aromatic carbocycles. The van der Waals surface area contributed by atoms with Crippen molar-refractivity contribution in [1.29, 1.82) is 0 Å². The minimum Gasteiger partial charge on any atom is -0.508 e. The van der Waals surface area contributed by atoms with E-state index in [1.54, 1.807) is 26.0 Å². The summed E-state index contributed by atoms with van der Waals surface area (Å²) in [5.74, 6) is -3.26. The second-order valence-electron chi connectivity index (χ2n) is 9.66. The standard InChI is InChI=1S/C25H39N7O6/c1-14(2)20(24(37)38)32-23(36)19(13-15-7-9-16(33)10-8-15)31-22(35)18(6-4-12-29-25(26)27)30-21(34)17-5-3-11-28-17/h7-10,14,17-20,28,33H,3-6,11-13H2,1-2H3,(H,30,34)(H,31,35)(H,32,36)(H,37,38)(H4,26,27,29). The zero-order valence-corrected chi connectivity index (χ0v) is 21.8. The molecule has 1 heterocycles. The number of aliphatic carboxylic acids is 1. The van der Waals surface area contributed by atoms with E-state index in [4.69, 9.17) is 11.5 Å². The molecule has 0 spiro atoms. The third-order valence-electron chi connectivity index (χ3n) is 6.19. The van der Waals surface area contributed by atoms with Gasteiger partial charge in [0.15, 0.2) is 5.96 Å². The number of benzene rings is 1. The number of phenols is 1. The molecule has 1 fully saturated rings. The second kappa shape index (κ2) is 14.8. The largest absolute Gasteiger partial charge is 0.508 e. The number of hydrogen-bond donors (Lipinski definition) is 8. The number of amides is 3. The van der Waals surface area contributed by atoms with Crippen LogP contribution in [0.2, 0.25) is 0 Å². The molecule has 3 amide bonds. The number of aliphatic imine (C=N–C) groups is 1. The van der Waals surface area contributed by atoms with Crippen molar-refractivity contribution in [3.63, 3.8) is 0 Å². The van der Waals surface area contributed by atoms with Gasteiger partial charge in [-0.1, -0.05) is 26.0 Å². The third kappa shape index (κ3) is 9.88. The first kappa shape index (κ1) is 30.4. The van der Waals surface area contributed by atoms with Crippen molar-refractivity contribution >= 4 is 29.7 Å². The average Bonchev–Trinajstić information content (AvgIpc) is 3.39. The molecule has 1 saturated heterocycles. The molecule has 4 unspecified atom stereocenters. The number of phenolic OH excluding ortho intramolecular Hbond substituents is 1. The molecule has 1 aliphatic rings. The zero-order valence-electron chi connectivity index (χ0n) is 21.8. The van der Waals surface area contributed by atoms with Crippen LogP contribution < -0.4 is 32.7 Å². The van der Waals surface area contributed by atoms with Gasteiger partial charge in [0.2, 0.25) is 17.7 Å². The van der Waals surface area contributed by atoms with E-state index < -0.39 is 47.9 Å². The second-order valence-corrected chi connectivity index (χ2v) is 9.66. The summed E-state index contributed by atoms with van der Waals surface area (Å²) in [7, 11) is 0. The lowest BCUT2D eigenvalue weighted by atomic mass is 10.0. The van der Waals surface area contributed by atoms with E-state index in [9.17, 15) is 29.4 Å². The van der Waals surface area contributed by atoms with Gasteiger partial charge in [-0.05, 0) is 55.8 Å². The molecular formula is C25H39N7O6. The predicted octanol–water partition coefficient (Wildman–Crippen LogP) is -1.06. The molecule has 0 bridgehead atoms. The summed E-state index contributed by atoms with van der Waals surface area (Å²) in [4.78, 5) is 54.9. The Morgan fingerprint density at radius 1 is 1.05 bits per heavy atom. The van der Waals surface area contributed by atoms with Crippen LogP contribution in [0.4, 0.5) is 0 Å². The number of nitrogens with zero attached hydrogens (tertiary/aromatic N) is 1. The summed E-state index contributed by atoms with van der Waals surface area (Å²) in [6.07, 6.45) is 2.11. The fraction of sp³-hybridized carbons (Fsp3) is 0.560. The van der Waals surface area contributed by atoms with Crippen LogP contribution >= 0.6 is 0 Å². The third-order valence-corrected chi connectivity index (χ3v) is 6.19. The molecule has 2 rings (SSSR count). The van der Waals surface area contributed by atoms with Crippen LogP contribution in [0.1, 0.15) is 45.1 Å². The SMILES string of the molecule is CC(C)C(NC(=O)C(Cc1ccc(O)cc1)NC(=O)C(CCCN=C(N)N)NC(=O)C1CCCN1)C(=O)O. The Balaban J connectivity index is 2.23. The van der Waals surface area contributed by atoms with Gasteiger partial charge in [-0.15, -0.1) is 0 Å². The Kier molecular flexibility index (Phi) is 11.8. The average molecular weight is 534 g/mol. The summed E-state index contributed by atoms with van der Waals surface area (Å²) in [5, 5.41) is 30.1. The first-order valence-electron chi connectivity index (χ1n) is 12.7. The van der Waals surface area contributed by atoms with E-state index in [0.29, 0.717) is 24.9 Å². The van der Waals surface area contributed by atoms with Gasteiger partial charge in [0, 0.05) is 13.0 Å². The van der Waals surface area contributed by atoms with Crippen molar-refractivity contribution in [1.82, 2.24) is 21.3 Å². The van der Waals surface area contributed by atoms with Gasteiger partial charge in [-0.2, -0.15) is 0 Å². The first-order chi connectivity index (χ1) is 18.0. The van der Waals surface area contributed by atoms with Crippen molar-refractivity contribution in [3.8, 4) is 5.75 Å². The minimum atomic E-state index is -1.20. The smallest absolute Gasteiger partial charge is 0.326 e. The Bertz CT molecular complexity index is 988. The van der Waals surface area contributed by atoms with Crippen LogP contribution in [0.3, 0.4) is 0 Å². The molecule has 1 aliphatic heterocycles. The Morgan fingerprint density at radius 3 is 2.26 bits per heavy atom. The minimum absolute atomic E-state index is 0.0289. The molecule has 1 aromatic rings. The summed E-state index contributed by atoms with van der Waals surface area (Å²) in [6, 6.07) is 2.39. The molecule has 4 atom stereocenters. The number of carbonyl (C=O) groups is 4. The molecule has 10 N–H and O–H groups in total. The molecule has 210 valence electrons.